The summed E-state index contributed by atoms with van der Waals surface area (Å²) in [5.74, 6) is -0.395. The van der Waals surface area contributed by atoms with E-state index < -0.39 is 6.10 Å². The second-order valence-electron chi connectivity index (χ2n) is 14.6. The van der Waals surface area contributed by atoms with Crippen molar-refractivity contribution in [1.29, 1.82) is 0 Å². The van der Waals surface area contributed by atoms with Gasteiger partial charge < -0.3 is 14.2 Å². The number of rotatable bonds is 40. The first-order valence-corrected chi connectivity index (χ1v) is 21.6. The molecule has 0 saturated heterocycles. The largest absolute Gasteiger partial charge is 0.462 e. The molecule has 0 fully saturated rings. The van der Waals surface area contributed by atoms with Gasteiger partial charge in [0.05, 0.1) is 6.61 Å². The Balaban J connectivity index is 4.00. The second-order valence-corrected chi connectivity index (χ2v) is 14.6. The summed E-state index contributed by atoms with van der Waals surface area (Å²) < 4.78 is 17.2. The van der Waals surface area contributed by atoms with Gasteiger partial charge in [0.2, 0.25) is 0 Å². The van der Waals surface area contributed by atoms with Crippen LogP contribution in [0.25, 0.3) is 0 Å². The zero-order valence-electron chi connectivity index (χ0n) is 32.8. The average molecular weight is 681 g/mol. The first-order chi connectivity index (χ1) is 23.6. The van der Waals surface area contributed by atoms with E-state index in [0.717, 1.165) is 38.5 Å². The Morgan fingerprint density at radius 2 is 0.688 bits per heavy atom. The monoisotopic (exact) mass is 681 g/mol. The highest BCUT2D eigenvalue weighted by atomic mass is 16.6. The molecule has 48 heavy (non-hydrogen) atoms. The Kier molecular flexibility index (Phi) is 39.4. The third kappa shape index (κ3) is 37.7. The molecule has 0 aromatic heterocycles. The zero-order valence-corrected chi connectivity index (χ0v) is 32.8. The van der Waals surface area contributed by atoms with Gasteiger partial charge in [0, 0.05) is 19.4 Å². The number of hydrogen-bond acceptors (Lipinski definition) is 5. The summed E-state index contributed by atoms with van der Waals surface area (Å²) in [4.78, 5) is 24.9. The molecule has 0 radical (unpaired) electrons. The van der Waals surface area contributed by atoms with Gasteiger partial charge in [-0.25, -0.2) is 0 Å². The van der Waals surface area contributed by atoms with E-state index >= 15 is 0 Å². The van der Waals surface area contributed by atoms with Crippen molar-refractivity contribution >= 4 is 11.9 Å². The minimum Gasteiger partial charge on any atom is -0.462 e. The zero-order chi connectivity index (χ0) is 35.0. The molecule has 0 N–H and O–H groups in total. The van der Waals surface area contributed by atoms with E-state index in [1.165, 1.54) is 167 Å². The lowest BCUT2D eigenvalue weighted by molar-refractivity contribution is -0.163. The van der Waals surface area contributed by atoms with E-state index in [9.17, 15) is 9.59 Å². The molecule has 0 rings (SSSR count). The summed E-state index contributed by atoms with van der Waals surface area (Å²) in [7, 11) is 0. The van der Waals surface area contributed by atoms with Crippen molar-refractivity contribution in [3.63, 3.8) is 0 Å². The van der Waals surface area contributed by atoms with E-state index in [4.69, 9.17) is 14.2 Å². The highest BCUT2D eigenvalue weighted by Crippen LogP contribution is 2.15. The SMILES string of the molecule is CCCCCCCCCCCCCCCCCCOCC(COC(=O)CCCCCCCCCCCCC)OC(=O)CCCCCCC. The van der Waals surface area contributed by atoms with Crippen molar-refractivity contribution < 1.29 is 23.8 Å². The van der Waals surface area contributed by atoms with Crippen LogP contribution in [-0.2, 0) is 23.8 Å². The van der Waals surface area contributed by atoms with Gasteiger partial charge >= 0.3 is 11.9 Å². The fourth-order valence-electron chi connectivity index (χ4n) is 6.39. The number of unbranched alkanes of at least 4 members (excludes halogenated alkanes) is 29. The first kappa shape index (κ1) is 46.9. The van der Waals surface area contributed by atoms with Crippen molar-refractivity contribution in [2.45, 2.75) is 245 Å². The van der Waals surface area contributed by atoms with Gasteiger partial charge in [-0.2, -0.15) is 0 Å². The highest BCUT2D eigenvalue weighted by molar-refractivity contribution is 5.70. The molecule has 0 amide bonds. The van der Waals surface area contributed by atoms with Gasteiger partial charge in [0.1, 0.15) is 6.61 Å². The maximum absolute atomic E-state index is 12.5. The molecule has 0 bridgehead atoms. The quantitative estimate of drug-likeness (QED) is 0.0476. The van der Waals surface area contributed by atoms with Crippen LogP contribution in [0.4, 0.5) is 0 Å². The van der Waals surface area contributed by atoms with Crippen molar-refractivity contribution in [3.8, 4) is 0 Å². The predicted molar refractivity (Wildman–Crippen MR) is 206 cm³/mol. The van der Waals surface area contributed by atoms with Crippen LogP contribution in [0.1, 0.15) is 239 Å². The number of ether oxygens (including phenoxy) is 3. The molecule has 0 spiro atoms. The molecule has 5 nitrogen and oxygen atoms in total. The fourth-order valence-corrected chi connectivity index (χ4v) is 6.39. The topological polar surface area (TPSA) is 61.8 Å². The second kappa shape index (κ2) is 40.3. The maximum atomic E-state index is 12.5. The molecule has 5 heteroatoms. The summed E-state index contributed by atoms with van der Waals surface area (Å²) >= 11 is 0. The van der Waals surface area contributed by atoms with Crippen LogP contribution in [0.3, 0.4) is 0 Å². The highest BCUT2D eigenvalue weighted by Gasteiger charge is 2.17. The van der Waals surface area contributed by atoms with E-state index in [1.54, 1.807) is 0 Å². The standard InChI is InChI=1S/C43H84O5/c1-4-7-10-13-15-17-19-20-21-22-23-25-27-29-32-35-38-46-39-41(48-43(45)37-34-30-12-9-6-3)40-47-42(44)36-33-31-28-26-24-18-16-14-11-8-5-2/h41H,4-40H2,1-3H3. The number of esters is 2. The summed E-state index contributed by atoms with van der Waals surface area (Å²) in [6.45, 7) is 7.79. The summed E-state index contributed by atoms with van der Waals surface area (Å²) in [5, 5.41) is 0. The van der Waals surface area contributed by atoms with Crippen LogP contribution < -0.4 is 0 Å². The lowest BCUT2D eigenvalue weighted by Gasteiger charge is -2.18. The molecule has 0 aliphatic rings. The minimum absolute atomic E-state index is 0.0946. The molecule has 1 unspecified atom stereocenters. The minimum atomic E-state index is -0.518. The molecule has 0 saturated carbocycles. The molecule has 0 aromatic carbocycles. The van der Waals surface area contributed by atoms with Crippen LogP contribution >= 0.6 is 0 Å². The van der Waals surface area contributed by atoms with Crippen molar-refractivity contribution in [2.24, 2.45) is 0 Å². The van der Waals surface area contributed by atoms with Gasteiger partial charge in [-0.05, 0) is 19.3 Å². The summed E-state index contributed by atoms with van der Waals surface area (Å²) in [6.07, 6.45) is 41.2. The molecule has 0 heterocycles. The maximum Gasteiger partial charge on any atom is 0.306 e. The first-order valence-electron chi connectivity index (χ1n) is 21.6. The van der Waals surface area contributed by atoms with Crippen molar-refractivity contribution in [3.05, 3.63) is 0 Å². The van der Waals surface area contributed by atoms with Crippen molar-refractivity contribution in [2.75, 3.05) is 19.8 Å². The molecule has 0 aromatic rings. The normalized spacial score (nSPS) is 12.0. The van der Waals surface area contributed by atoms with Crippen LogP contribution in [0.15, 0.2) is 0 Å². The van der Waals surface area contributed by atoms with E-state index in [-0.39, 0.29) is 18.5 Å². The molecule has 286 valence electrons. The molecule has 0 aliphatic heterocycles. The third-order valence-electron chi connectivity index (χ3n) is 9.64. The lowest BCUT2D eigenvalue weighted by Crippen LogP contribution is -2.30. The van der Waals surface area contributed by atoms with Gasteiger partial charge in [0.25, 0.3) is 0 Å². The van der Waals surface area contributed by atoms with E-state index in [0.29, 0.717) is 26.1 Å². The van der Waals surface area contributed by atoms with Gasteiger partial charge in [-0.3, -0.25) is 9.59 Å². The smallest absolute Gasteiger partial charge is 0.306 e. The predicted octanol–water partition coefficient (Wildman–Crippen LogP) is 13.8. The van der Waals surface area contributed by atoms with E-state index in [1.807, 2.05) is 0 Å². The van der Waals surface area contributed by atoms with Crippen LogP contribution in [-0.4, -0.2) is 37.9 Å². The number of hydrogen-bond donors (Lipinski definition) is 0. The molecule has 1 atom stereocenters. The Labute approximate surface area is 300 Å². The van der Waals surface area contributed by atoms with Gasteiger partial charge in [0.15, 0.2) is 6.10 Å². The number of carbonyl (C=O) groups excluding carboxylic acids is 2. The Morgan fingerprint density at radius 1 is 0.375 bits per heavy atom. The molecule has 0 aliphatic carbocycles. The Bertz CT molecular complexity index is 651. The molecular formula is C43H84O5. The Morgan fingerprint density at radius 3 is 1.06 bits per heavy atom. The third-order valence-corrected chi connectivity index (χ3v) is 9.64. The van der Waals surface area contributed by atoms with Crippen LogP contribution in [0.2, 0.25) is 0 Å². The van der Waals surface area contributed by atoms with Crippen LogP contribution in [0, 0.1) is 0 Å². The van der Waals surface area contributed by atoms with E-state index in [2.05, 4.69) is 20.8 Å². The van der Waals surface area contributed by atoms with Crippen molar-refractivity contribution in [1.82, 2.24) is 0 Å². The van der Waals surface area contributed by atoms with Crippen LogP contribution in [0.5, 0.6) is 0 Å². The average Bonchev–Trinajstić information content (AvgIpc) is 3.08. The summed E-state index contributed by atoms with van der Waals surface area (Å²) in [6, 6.07) is 0. The van der Waals surface area contributed by atoms with Gasteiger partial charge in [-0.1, -0.05) is 207 Å². The fraction of sp³-hybridized carbons (Fsp3) is 0.953. The Hall–Kier alpha value is -1.10. The van der Waals surface area contributed by atoms with Gasteiger partial charge in [-0.15, -0.1) is 0 Å². The lowest BCUT2D eigenvalue weighted by atomic mass is 10.0. The number of carbonyl (C=O) groups is 2. The summed E-state index contributed by atoms with van der Waals surface area (Å²) in [5.41, 5.74) is 0. The molecular weight excluding hydrogens is 596 g/mol.